The second kappa shape index (κ2) is 4.84. The van der Waals surface area contributed by atoms with Crippen molar-refractivity contribution in [3.8, 4) is 6.07 Å². The summed E-state index contributed by atoms with van der Waals surface area (Å²) in [6.07, 6.45) is 1.83. The van der Waals surface area contributed by atoms with E-state index in [4.69, 9.17) is 5.26 Å². The van der Waals surface area contributed by atoms with Crippen LogP contribution in [0, 0.1) is 18.3 Å². The van der Waals surface area contributed by atoms with Crippen molar-refractivity contribution >= 4 is 5.78 Å². The number of rotatable bonds is 3. The Morgan fingerprint density at radius 3 is 2.67 bits per heavy atom. The minimum absolute atomic E-state index is 0.123. The summed E-state index contributed by atoms with van der Waals surface area (Å²) in [5, 5.41) is 8.66. The number of aryl methyl sites for hydroxylation is 1. The lowest BCUT2D eigenvalue weighted by molar-refractivity contribution is 0.102. The van der Waals surface area contributed by atoms with Gasteiger partial charge in [0.15, 0.2) is 5.82 Å². The molecule has 0 radical (unpaired) electrons. The number of ketones is 1. The second-order valence-electron chi connectivity index (χ2n) is 4.16. The highest BCUT2D eigenvalue weighted by Crippen LogP contribution is 2.11. The number of carbonyl (C=O) groups excluding carboxylic acids is 1. The maximum atomic E-state index is 12.2. The first-order valence-corrected chi connectivity index (χ1v) is 5.62. The van der Waals surface area contributed by atoms with Crippen LogP contribution >= 0.6 is 0 Å². The summed E-state index contributed by atoms with van der Waals surface area (Å²) < 4.78 is 1.67. The Kier molecular flexibility index (Phi) is 3.24. The van der Waals surface area contributed by atoms with Gasteiger partial charge in [-0.2, -0.15) is 5.26 Å². The van der Waals surface area contributed by atoms with E-state index in [9.17, 15) is 4.79 Å². The van der Waals surface area contributed by atoms with Crippen LogP contribution in [0.1, 0.15) is 27.4 Å². The molecule has 0 amide bonds. The lowest BCUT2D eigenvalue weighted by Crippen LogP contribution is -2.10. The van der Waals surface area contributed by atoms with Crippen LogP contribution in [-0.2, 0) is 13.5 Å². The van der Waals surface area contributed by atoms with E-state index in [2.05, 4.69) is 11.1 Å². The van der Waals surface area contributed by atoms with Gasteiger partial charge >= 0.3 is 0 Å². The number of hydrogen-bond acceptors (Lipinski definition) is 3. The maximum Gasteiger partial charge on any atom is 0.228 e. The van der Waals surface area contributed by atoms with Crippen LogP contribution < -0.4 is 0 Å². The Morgan fingerprint density at radius 1 is 1.39 bits per heavy atom. The predicted molar refractivity (Wildman–Crippen MR) is 67.1 cm³/mol. The highest BCUT2D eigenvalue weighted by molar-refractivity contribution is 6.06. The standard InChI is InChI=1S/C14H13N3O/c1-10-3-5-11(6-4-10)13(18)14-16-9-12(7-8-15)17(14)2/h3-6,9H,7H2,1-2H3. The molecule has 0 aliphatic carbocycles. The predicted octanol–water partition coefficient (Wildman–Crippen LogP) is 2.03. The maximum absolute atomic E-state index is 12.2. The molecule has 0 saturated heterocycles. The number of nitrogens with zero attached hydrogens (tertiary/aromatic N) is 3. The SMILES string of the molecule is Cc1ccc(C(=O)c2ncc(CC#N)n2C)cc1. The van der Waals surface area contributed by atoms with Crippen LogP contribution in [0.4, 0.5) is 0 Å². The topological polar surface area (TPSA) is 58.7 Å². The molecule has 90 valence electrons. The van der Waals surface area contributed by atoms with Gasteiger partial charge in [-0.3, -0.25) is 4.79 Å². The molecule has 4 nitrogen and oxygen atoms in total. The Labute approximate surface area is 106 Å². The number of imidazole rings is 1. The van der Waals surface area contributed by atoms with Gasteiger partial charge < -0.3 is 4.57 Å². The lowest BCUT2D eigenvalue weighted by Gasteiger charge is -2.03. The highest BCUT2D eigenvalue weighted by atomic mass is 16.1. The zero-order valence-electron chi connectivity index (χ0n) is 10.3. The van der Waals surface area contributed by atoms with Crippen LogP contribution in [0.2, 0.25) is 0 Å². The third kappa shape index (κ3) is 2.16. The highest BCUT2D eigenvalue weighted by Gasteiger charge is 2.16. The summed E-state index contributed by atoms with van der Waals surface area (Å²) in [6, 6.07) is 9.42. The van der Waals surface area contributed by atoms with E-state index in [1.807, 2.05) is 19.1 Å². The Morgan fingerprint density at radius 2 is 2.06 bits per heavy atom. The second-order valence-corrected chi connectivity index (χ2v) is 4.16. The molecule has 0 aliphatic rings. The molecule has 1 aromatic heterocycles. The third-order valence-electron chi connectivity index (χ3n) is 2.86. The molecule has 0 aliphatic heterocycles. The molecule has 0 fully saturated rings. The zero-order chi connectivity index (χ0) is 13.1. The van der Waals surface area contributed by atoms with Gasteiger partial charge in [-0.15, -0.1) is 0 Å². The fraction of sp³-hybridized carbons (Fsp3) is 0.214. The fourth-order valence-electron chi connectivity index (χ4n) is 1.74. The summed E-state index contributed by atoms with van der Waals surface area (Å²) >= 11 is 0. The minimum Gasteiger partial charge on any atom is -0.327 e. The van der Waals surface area contributed by atoms with Gasteiger partial charge in [-0.1, -0.05) is 29.8 Å². The van der Waals surface area contributed by atoms with Crippen molar-refractivity contribution in [2.45, 2.75) is 13.3 Å². The van der Waals surface area contributed by atoms with Crippen LogP contribution in [-0.4, -0.2) is 15.3 Å². The Hall–Kier alpha value is -2.41. The number of aromatic nitrogens is 2. The molecule has 4 heteroatoms. The first-order chi connectivity index (χ1) is 8.63. The van der Waals surface area contributed by atoms with E-state index in [-0.39, 0.29) is 12.2 Å². The van der Waals surface area contributed by atoms with E-state index in [1.54, 1.807) is 29.9 Å². The van der Waals surface area contributed by atoms with Crippen molar-refractivity contribution in [1.29, 1.82) is 5.26 Å². The third-order valence-corrected chi connectivity index (χ3v) is 2.86. The Balaban J connectivity index is 2.35. The van der Waals surface area contributed by atoms with E-state index >= 15 is 0 Å². The molecule has 1 aromatic carbocycles. The summed E-state index contributed by atoms with van der Waals surface area (Å²) in [7, 11) is 1.75. The number of nitriles is 1. The van der Waals surface area contributed by atoms with Crippen molar-refractivity contribution in [2.75, 3.05) is 0 Å². The van der Waals surface area contributed by atoms with E-state index in [0.29, 0.717) is 11.4 Å². The normalized spacial score (nSPS) is 10.1. The van der Waals surface area contributed by atoms with Crippen molar-refractivity contribution in [3.63, 3.8) is 0 Å². The molecular weight excluding hydrogens is 226 g/mol. The van der Waals surface area contributed by atoms with Crippen LogP contribution in [0.25, 0.3) is 0 Å². The molecule has 0 atom stereocenters. The average molecular weight is 239 g/mol. The largest absolute Gasteiger partial charge is 0.327 e. The Bertz CT molecular complexity index is 617. The monoisotopic (exact) mass is 239 g/mol. The first kappa shape index (κ1) is 12.1. The quantitative estimate of drug-likeness (QED) is 0.770. The van der Waals surface area contributed by atoms with Gasteiger partial charge in [0.1, 0.15) is 0 Å². The van der Waals surface area contributed by atoms with Crippen LogP contribution in [0.3, 0.4) is 0 Å². The fourth-order valence-corrected chi connectivity index (χ4v) is 1.74. The van der Waals surface area contributed by atoms with Gasteiger partial charge in [-0.25, -0.2) is 4.98 Å². The van der Waals surface area contributed by atoms with Gasteiger partial charge in [0.2, 0.25) is 5.78 Å². The van der Waals surface area contributed by atoms with Crippen molar-refractivity contribution in [2.24, 2.45) is 7.05 Å². The average Bonchev–Trinajstić information content (AvgIpc) is 2.72. The summed E-state index contributed by atoms with van der Waals surface area (Å²) in [6.45, 7) is 1.97. The smallest absolute Gasteiger partial charge is 0.228 e. The van der Waals surface area contributed by atoms with E-state index in [1.165, 1.54) is 0 Å². The number of carbonyl (C=O) groups is 1. The molecule has 18 heavy (non-hydrogen) atoms. The summed E-state index contributed by atoms with van der Waals surface area (Å²) in [4.78, 5) is 16.3. The molecule has 0 N–H and O–H groups in total. The van der Waals surface area contributed by atoms with E-state index in [0.717, 1.165) is 11.3 Å². The van der Waals surface area contributed by atoms with Crippen molar-refractivity contribution in [1.82, 2.24) is 9.55 Å². The molecule has 1 heterocycles. The molecular formula is C14H13N3O. The van der Waals surface area contributed by atoms with Crippen molar-refractivity contribution in [3.05, 3.63) is 53.1 Å². The number of benzene rings is 1. The van der Waals surface area contributed by atoms with Gasteiger partial charge in [-0.05, 0) is 6.92 Å². The minimum atomic E-state index is -0.123. The van der Waals surface area contributed by atoms with Crippen molar-refractivity contribution < 1.29 is 4.79 Å². The van der Waals surface area contributed by atoms with Gasteiger partial charge in [0.05, 0.1) is 24.4 Å². The van der Waals surface area contributed by atoms with Crippen LogP contribution in [0.5, 0.6) is 0 Å². The number of hydrogen-bond donors (Lipinski definition) is 0. The van der Waals surface area contributed by atoms with Crippen LogP contribution in [0.15, 0.2) is 30.5 Å². The zero-order valence-corrected chi connectivity index (χ0v) is 10.3. The first-order valence-electron chi connectivity index (χ1n) is 5.62. The lowest BCUT2D eigenvalue weighted by atomic mass is 10.1. The molecule has 2 rings (SSSR count). The molecule has 2 aromatic rings. The molecule has 0 unspecified atom stereocenters. The summed E-state index contributed by atoms with van der Waals surface area (Å²) in [5.41, 5.74) is 2.46. The molecule has 0 bridgehead atoms. The summed E-state index contributed by atoms with van der Waals surface area (Å²) in [5.74, 6) is 0.241. The molecule has 0 spiro atoms. The van der Waals surface area contributed by atoms with E-state index < -0.39 is 0 Å². The van der Waals surface area contributed by atoms with Gasteiger partial charge in [0, 0.05) is 12.6 Å². The van der Waals surface area contributed by atoms with Gasteiger partial charge in [0.25, 0.3) is 0 Å². The molecule has 0 saturated carbocycles.